The van der Waals surface area contributed by atoms with Crippen molar-refractivity contribution in [2.75, 3.05) is 14.2 Å². The number of benzene rings is 2. The lowest BCUT2D eigenvalue weighted by Gasteiger charge is -2.34. The lowest BCUT2D eigenvalue weighted by Crippen LogP contribution is -2.37. The molecule has 1 fully saturated rings. The molecule has 2 unspecified atom stereocenters. The molecule has 0 amide bonds. The van der Waals surface area contributed by atoms with E-state index in [4.69, 9.17) is 9.47 Å². The quantitative estimate of drug-likeness (QED) is 0.801. The molecule has 2 heterocycles. The summed E-state index contributed by atoms with van der Waals surface area (Å²) in [6.45, 7) is 1.05. The second-order valence-electron chi connectivity index (χ2n) is 6.92. The molecule has 2 aliphatic heterocycles. The van der Waals surface area contributed by atoms with Crippen molar-refractivity contribution >= 4 is 5.57 Å². The summed E-state index contributed by atoms with van der Waals surface area (Å²) in [7, 11) is 3.38. The second-order valence-corrected chi connectivity index (χ2v) is 6.92. The van der Waals surface area contributed by atoms with Crippen LogP contribution in [-0.2, 0) is 6.54 Å². The summed E-state index contributed by atoms with van der Waals surface area (Å²) in [4.78, 5) is 2.67. The molecule has 2 bridgehead atoms. The van der Waals surface area contributed by atoms with Gasteiger partial charge in [0.15, 0.2) is 11.5 Å². The van der Waals surface area contributed by atoms with E-state index < -0.39 is 0 Å². The van der Waals surface area contributed by atoms with Gasteiger partial charge < -0.3 is 9.47 Å². The second kappa shape index (κ2) is 6.93. The first-order valence-corrected chi connectivity index (χ1v) is 9.01. The van der Waals surface area contributed by atoms with Gasteiger partial charge in [-0.3, -0.25) is 4.90 Å². The van der Waals surface area contributed by atoms with Gasteiger partial charge in [0.1, 0.15) is 0 Å². The number of fused-ring (bicyclic) bond motifs is 2. The van der Waals surface area contributed by atoms with Crippen LogP contribution in [0.25, 0.3) is 5.57 Å². The molecule has 3 heteroatoms. The van der Waals surface area contributed by atoms with Crippen molar-refractivity contribution in [1.82, 2.24) is 4.90 Å². The maximum absolute atomic E-state index is 5.47. The normalized spacial score (nSPS) is 22.6. The maximum atomic E-state index is 5.47. The molecule has 25 heavy (non-hydrogen) atoms. The van der Waals surface area contributed by atoms with Crippen LogP contribution in [0.4, 0.5) is 0 Å². The highest BCUT2D eigenvalue weighted by Gasteiger charge is 2.36. The first-order valence-electron chi connectivity index (χ1n) is 9.01. The summed E-state index contributed by atoms with van der Waals surface area (Å²) in [5.41, 5.74) is 4.11. The molecule has 2 aromatic carbocycles. The zero-order chi connectivity index (χ0) is 17.2. The molecule has 0 aliphatic carbocycles. The minimum Gasteiger partial charge on any atom is -0.493 e. The Kier molecular flexibility index (Phi) is 4.50. The monoisotopic (exact) mass is 335 g/mol. The van der Waals surface area contributed by atoms with E-state index in [1.807, 2.05) is 6.07 Å². The fourth-order valence-corrected chi connectivity index (χ4v) is 4.21. The number of rotatable bonds is 5. The van der Waals surface area contributed by atoms with Gasteiger partial charge in [-0.1, -0.05) is 42.5 Å². The highest BCUT2D eigenvalue weighted by atomic mass is 16.5. The smallest absolute Gasteiger partial charge is 0.161 e. The predicted octanol–water partition coefficient (Wildman–Crippen LogP) is 4.52. The minimum absolute atomic E-state index is 0.544. The number of ether oxygens (including phenoxy) is 2. The van der Waals surface area contributed by atoms with Crippen molar-refractivity contribution < 1.29 is 9.47 Å². The van der Waals surface area contributed by atoms with Crippen LogP contribution in [0.15, 0.2) is 54.6 Å². The average molecular weight is 335 g/mol. The van der Waals surface area contributed by atoms with Gasteiger partial charge in [-0.15, -0.1) is 0 Å². The van der Waals surface area contributed by atoms with Crippen LogP contribution in [0.2, 0.25) is 0 Å². The first kappa shape index (κ1) is 16.2. The topological polar surface area (TPSA) is 21.7 Å². The Labute approximate surface area is 149 Å². The summed E-state index contributed by atoms with van der Waals surface area (Å²) < 4.78 is 10.8. The number of hydrogen-bond donors (Lipinski definition) is 0. The van der Waals surface area contributed by atoms with Crippen molar-refractivity contribution in [2.45, 2.75) is 37.9 Å². The zero-order valence-electron chi connectivity index (χ0n) is 14.9. The van der Waals surface area contributed by atoms with Crippen molar-refractivity contribution in [3.8, 4) is 11.5 Å². The van der Waals surface area contributed by atoms with E-state index in [1.165, 1.54) is 29.5 Å². The highest BCUT2D eigenvalue weighted by molar-refractivity contribution is 5.70. The lowest BCUT2D eigenvalue weighted by atomic mass is 9.94. The predicted molar refractivity (Wildman–Crippen MR) is 101 cm³/mol. The molecule has 0 aromatic heterocycles. The molecular formula is C22H25NO2. The maximum Gasteiger partial charge on any atom is 0.161 e. The van der Waals surface area contributed by atoms with Gasteiger partial charge in [-0.2, -0.15) is 0 Å². The molecule has 0 saturated carbocycles. The summed E-state index contributed by atoms with van der Waals surface area (Å²) in [5.74, 6) is 1.59. The SMILES string of the molecule is COc1ccc(C2=CC3CCC(C2)N3Cc2ccccc2)cc1OC. The Balaban J connectivity index is 1.57. The molecule has 2 aromatic rings. The van der Waals surface area contributed by atoms with Crippen LogP contribution >= 0.6 is 0 Å². The zero-order valence-corrected chi connectivity index (χ0v) is 14.9. The van der Waals surface area contributed by atoms with E-state index in [0.717, 1.165) is 24.5 Å². The Morgan fingerprint density at radius 3 is 2.48 bits per heavy atom. The van der Waals surface area contributed by atoms with Gasteiger partial charge in [0, 0.05) is 18.6 Å². The van der Waals surface area contributed by atoms with Crippen LogP contribution in [-0.4, -0.2) is 31.2 Å². The Morgan fingerprint density at radius 2 is 1.76 bits per heavy atom. The molecule has 4 rings (SSSR count). The Morgan fingerprint density at radius 1 is 0.960 bits per heavy atom. The van der Waals surface area contributed by atoms with Crippen molar-refractivity contribution in [1.29, 1.82) is 0 Å². The molecule has 130 valence electrons. The largest absolute Gasteiger partial charge is 0.493 e. The highest BCUT2D eigenvalue weighted by Crippen LogP contribution is 2.41. The molecule has 0 radical (unpaired) electrons. The van der Waals surface area contributed by atoms with E-state index in [9.17, 15) is 0 Å². The van der Waals surface area contributed by atoms with Gasteiger partial charge in [-0.25, -0.2) is 0 Å². The molecular weight excluding hydrogens is 310 g/mol. The Bertz CT molecular complexity index is 769. The van der Waals surface area contributed by atoms with Crippen LogP contribution < -0.4 is 9.47 Å². The van der Waals surface area contributed by atoms with E-state index in [1.54, 1.807) is 14.2 Å². The van der Waals surface area contributed by atoms with Crippen LogP contribution in [0, 0.1) is 0 Å². The summed E-state index contributed by atoms with van der Waals surface area (Å²) in [5, 5.41) is 0. The molecule has 0 spiro atoms. The number of nitrogens with zero attached hydrogens (tertiary/aromatic N) is 1. The van der Waals surface area contributed by atoms with Gasteiger partial charge >= 0.3 is 0 Å². The van der Waals surface area contributed by atoms with Crippen molar-refractivity contribution in [2.24, 2.45) is 0 Å². The third-order valence-electron chi connectivity index (χ3n) is 5.50. The number of methoxy groups -OCH3 is 2. The van der Waals surface area contributed by atoms with E-state index >= 15 is 0 Å². The third kappa shape index (κ3) is 3.16. The third-order valence-corrected chi connectivity index (χ3v) is 5.50. The van der Waals surface area contributed by atoms with E-state index in [2.05, 4.69) is 53.4 Å². The van der Waals surface area contributed by atoms with Crippen molar-refractivity contribution in [3.63, 3.8) is 0 Å². The Hall–Kier alpha value is -2.26. The standard InChI is InChI=1S/C22H25NO2/c1-24-21-11-8-17(14-22(21)25-2)18-12-19-9-10-20(13-18)23(19)15-16-6-4-3-5-7-16/h3-8,11-12,14,19-20H,9-10,13,15H2,1-2H3. The molecule has 2 aliphatic rings. The molecule has 3 nitrogen and oxygen atoms in total. The minimum atomic E-state index is 0.544. The number of hydrogen-bond acceptors (Lipinski definition) is 3. The van der Waals surface area contributed by atoms with Gasteiger partial charge in [0.25, 0.3) is 0 Å². The first-order chi connectivity index (χ1) is 12.3. The molecule has 1 saturated heterocycles. The molecule has 2 atom stereocenters. The van der Waals surface area contributed by atoms with Gasteiger partial charge in [-0.05, 0) is 48.1 Å². The average Bonchev–Trinajstić information content (AvgIpc) is 2.89. The van der Waals surface area contributed by atoms with E-state index in [0.29, 0.717) is 12.1 Å². The van der Waals surface area contributed by atoms with Crippen LogP contribution in [0.5, 0.6) is 11.5 Å². The van der Waals surface area contributed by atoms with Gasteiger partial charge in [0.2, 0.25) is 0 Å². The molecule has 0 N–H and O–H groups in total. The van der Waals surface area contributed by atoms with Crippen LogP contribution in [0.3, 0.4) is 0 Å². The summed E-state index contributed by atoms with van der Waals surface area (Å²) >= 11 is 0. The fraction of sp³-hybridized carbons (Fsp3) is 0.364. The fourth-order valence-electron chi connectivity index (χ4n) is 4.21. The summed E-state index contributed by atoms with van der Waals surface area (Å²) in [6, 6.07) is 18.3. The van der Waals surface area contributed by atoms with Crippen LogP contribution in [0.1, 0.15) is 30.4 Å². The van der Waals surface area contributed by atoms with Crippen molar-refractivity contribution in [3.05, 3.63) is 65.7 Å². The van der Waals surface area contributed by atoms with E-state index in [-0.39, 0.29) is 0 Å². The lowest BCUT2D eigenvalue weighted by molar-refractivity contribution is 0.203. The summed E-state index contributed by atoms with van der Waals surface area (Å²) in [6.07, 6.45) is 6.12. The van der Waals surface area contributed by atoms with Gasteiger partial charge in [0.05, 0.1) is 14.2 Å².